The van der Waals surface area contributed by atoms with Crippen LogP contribution in [0.1, 0.15) is 30.9 Å². The molecule has 3 heteroatoms. The summed E-state index contributed by atoms with van der Waals surface area (Å²) >= 11 is 0. The molecular formula is C14H22N2O. The Bertz CT molecular complexity index is 399. The highest BCUT2D eigenvalue weighted by Gasteiger charge is 2.44. The SMILES string of the molecule is COc1ccc(C)cc1CC(NN)C1(C)CC1. The molecule has 0 radical (unpaired) electrons. The zero-order valence-electron chi connectivity index (χ0n) is 10.9. The van der Waals surface area contributed by atoms with Crippen LogP contribution in [0.4, 0.5) is 0 Å². The van der Waals surface area contributed by atoms with Crippen LogP contribution in [0.3, 0.4) is 0 Å². The van der Waals surface area contributed by atoms with Crippen molar-refractivity contribution < 1.29 is 4.74 Å². The van der Waals surface area contributed by atoms with Crippen molar-refractivity contribution in [2.24, 2.45) is 11.3 Å². The Morgan fingerprint density at radius 3 is 2.71 bits per heavy atom. The molecule has 1 aliphatic rings. The molecular weight excluding hydrogens is 212 g/mol. The Labute approximate surface area is 103 Å². The first-order chi connectivity index (χ1) is 8.09. The predicted molar refractivity (Wildman–Crippen MR) is 69.9 cm³/mol. The van der Waals surface area contributed by atoms with Gasteiger partial charge in [0.25, 0.3) is 0 Å². The number of nitrogens with one attached hydrogen (secondary N) is 1. The van der Waals surface area contributed by atoms with Gasteiger partial charge >= 0.3 is 0 Å². The second-order valence-electron chi connectivity index (χ2n) is 5.39. The van der Waals surface area contributed by atoms with Crippen molar-refractivity contribution in [2.75, 3.05) is 7.11 Å². The summed E-state index contributed by atoms with van der Waals surface area (Å²) in [5.41, 5.74) is 5.83. The Hall–Kier alpha value is -1.06. The molecule has 0 aliphatic heterocycles. The summed E-state index contributed by atoms with van der Waals surface area (Å²) < 4.78 is 5.41. The number of hydrazine groups is 1. The summed E-state index contributed by atoms with van der Waals surface area (Å²) in [6.45, 7) is 4.40. The molecule has 3 N–H and O–H groups in total. The van der Waals surface area contributed by atoms with Gasteiger partial charge in [0.05, 0.1) is 7.11 Å². The van der Waals surface area contributed by atoms with Gasteiger partial charge in [-0.3, -0.25) is 11.3 Å². The zero-order valence-corrected chi connectivity index (χ0v) is 10.9. The molecule has 0 spiro atoms. The molecule has 0 bridgehead atoms. The number of aryl methyl sites for hydroxylation is 1. The minimum atomic E-state index is 0.332. The van der Waals surface area contributed by atoms with Gasteiger partial charge in [-0.15, -0.1) is 0 Å². The third-order valence-corrected chi connectivity index (χ3v) is 3.94. The largest absolute Gasteiger partial charge is 0.496 e. The molecule has 0 amide bonds. The second-order valence-corrected chi connectivity index (χ2v) is 5.39. The van der Waals surface area contributed by atoms with Crippen LogP contribution in [0, 0.1) is 12.3 Å². The van der Waals surface area contributed by atoms with Crippen molar-refractivity contribution in [3.63, 3.8) is 0 Å². The van der Waals surface area contributed by atoms with Crippen molar-refractivity contribution in [3.8, 4) is 5.75 Å². The van der Waals surface area contributed by atoms with E-state index in [9.17, 15) is 0 Å². The molecule has 1 fully saturated rings. The monoisotopic (exact) mass is 234 g/mol. The van der Waals surface area contributed by atoms with Crippen molar-refractivity contribution in [2.45, 2.75) is 39.2 Å². The standard InChI is InChI=1S/C14H22N2O/c1-10-4-5-12(17-3)11(8-10)9-13(16-15)14(2)6-7-14/h4-5,8,13,16H,6-7,9,15H2,1-3H3. The molecule has 1 aliphatic carbocycles. The van der Waals surface area contributed by atoms with Gasteiger partial charge in [-0.1, -0.05) is 24.6 Å². The van der Waals surface area contributed by atoms with E-state index in [4.69, 9.17) is 10.6 Å². The fraction of sp³-hybridized carbons (Fsp3) is 0.571. The lowest BCUT2D eigenvalue weighted by molar-refractivity contribution is 0.350. The van der Waals surface area contributed by atoms with E-state index < -0.39 is 0 Å². The Kier molecular flexibility index (Phi) is 3.40. The normalized spacial score (nSPS) is 18.8. The number of nitrogens with two attached hydrogens (primary N) is 1. The lowest BCUT2D eigenvalue weighted by Crippen LogP contribution is -2.42. The summed E-state index contributed by atoms with van der Waals surface area (Å²) in [5, 5.41) is 0. The summed E-state index contributed by atoms with van der Waals surface area (Å²) in [6.07, 6.45) is 3.45. The average Bonchev–Trinajstić information content (AvgIpc) is 3.05. The van der Waals surface area contributed by atoms with Crippen LogP contribution in [0.25, 0.3) is 0 Å². The van der Waals surface area contributed by atoms with Crippen molar-refractivity contribution >= 4 is 0 Å². The fourth-order valence-corrected chi connectivity index (χ4v) is 2.34. The van der Waals surface area contributed by atoms with Gasteiger partial charge in [-0.25, -0.2) is 0 Å². The highest BCUT2D eigenvalue weighted by atomic mass is 16.5. The van der Waals surface area contributed by atoms with Crippen LogP contribution < -0.4 is 16.0 Å². The average molecular weight is 234 g/mol. The number of hydrogen-bond acceptors (Lipinski definition) is 3. The van der Waals surface area contributed by atoms with Crippen molar-refractivity contribution in [1.82, 2.24) is 5.43 Å². The Balaban J connectivity index is 2.18. The Morgan fingerprint density at radius 1 is 1.47 bits per heavy atom. The molecule has 0 heterocycles. The number of benzene rings is 1. The fourth-order valence-electron chi connectivity index (χ4n) is 2.34. The van der Waals surface area contributed by atoms with Gasteiger partial charge in [0.2, 0.25) is 0 Å². The van der Waals surface area contributed by atoms with Crippen LogP contribution >= 0.6 is 0 Å². The van der Waals surface area contributed by atoms with Crippen LogP contribution in [-0.4, -0.2) is 13.2 Å². The first-order valence-electron chi connectivity index (χ1n) is 6.19. The molecule has 3 nitrogen and oxygen atoms in total. The third kappa shape index (κ3) is 2.61. The molecule has 0 saturated heterocycles. The van der Waals surface area contributed by atoms with Crippen molar-refractivity contribution in [3.05, 3.63) is 29.3 Å². The maximum absolute atomic E-state index is 5.69. The summed E-state index contributed by atoms with van der Waals surface area (Å²) in [5.74, 6) is 6.64. The van der Waals surface area contributed by atoms with Gasteiger partial charge in [-0.05, 0) is 43.2 Å². The molecule has 0 aromatic heterocycles. The van der Waals surface area contributed by atoms with E-state index in [2.05, 4.69) is 31.4 Å². The van der Waals surface area contributed by atoms with Crippen LogP contribution in [0.5, 0.6) is 5.75 Å². The molecule has 1 unspecified atom stereocenters. The topological polar surface area (TPSA) is 47.3 Å². The first kappa shape index (κ1) is 12.4. The smallest absolute Gasteiger partial charge is 0.122 e. The van der Waals surface area contributed by atoms with E-state index in [0.29, 0.717) is 11.5 Å². The predicted octanol–water partition coefficient (Wildman–Crippen LogP) is 2.18. The van der Waals surface area contributed by atoms with Crippen molar-refractivity contribution in [1.29, 1.82) is 0 Å². The number of ether oxygens (including phenoxy) is 1. The van der Waals surface area contributed by atoms with E-state index in [1.165, 1.54) is 24.0 Å². The minimum absolute atomic E-state index is 0.332. The zero-order chi connectivity index (χ0) is 12.5. The van der Waals surface area contributed by atoms with Gasteiger partial charge in [0, 0.05) is 6.04 Å². The van der Waals surface area contributed by atoms with Crippen LogP contribution in [-0.2, 0) is 6.42 Å². The first-order valence-corrected chi connectivity index (χ1v) is 6.19. The van der Waals surface area contributed by atoms with E-state index in [1.807, 2.05) is 6.07 Å². The summed E-state index contributed by atoms with van der Waals surface area (Å²) in [6, 6.07) is 6.63. The lowest BCUT2D eigenvalue weighted by Gasteiger charge is -2.23. The molecule has 94 valence electrons. The van der Waals surface area contributed by atoms with Gasteiger partial charge in [0.1, 0.15) is 5.75 Å². The molecule has 17 heavy (non-hydrogen) atoms. The quantitative estimate of drug-likeness (QED) is 0.606. The maximum atomic E-state index is 5.69. The summed E-state index contributed by atoms with van der Waals surface area (Å²) in [4.78, 5) is 0. The Morgan fingerprint density at radius 2 is 2.18 bits per heavy atom. The van der Waals surface area contributed by atoms with E-state index in [1.54, 1.807) is 7.11 Å². The molecule has 1 aromatic rings. The van der Waals surface area contributed by atoms with Crippen LogP contribution in [0.2, 0.25) is 0 Å². The molecule has 1 aromatic carbocycles. The van der Waals surface area contributed by atoms with Crippen LogP contribution in [0.15, 0.2) is 18.2 Å². The molecule has 2 rings (SSSR count). The van der Waals surface area contributed by atoms with E-state index in [-0.39, 0.29) is 0 Å². The number of methoxy groups -OCH3 is 1. The van der Waals surface area contributed by atoms with Gasteiger partial charge < -0.3 is 4.74 Å². The maximum Gasteiger partial charge on any atom is 0.122 e. The molecule has 1 saturated carbocycles. The number of hydrogen-bond donors (Lipinski definition) is 2. The second kappa shape index (κ2) is 4.67. The van der Waals surface area contributed by atoms with E-state index >= 15 is 0 Å². The van der Waals surface area contributed by atoms with Gasteiger partial charge in [0.15, 0.2) is 0 Å². The van der Waals surface area contributed by atoms with E-state index in [0.717, 1.165) is 12.2 Å². The highest BCUT2D eigenvalue weighted by Crippen LogP contribution is 2.49. The van der Waals surface area contributed by atoms with Gasteiger partial charge in [-0.2, -0.15) is 0 Å². The number of rotatable bonds is 5. The highest BCUT2D eigenvalue weighted by molar-refractivity contribution is 5.37. The minimum Gasteiger partial charge on any atom is -0.496 e. The summed E-state index contributed by atoms with van der Waals surface area (Å²) in [7, 11) is 1.72. The third-order valence-electron chi connectivity index (χ3n) is 3.94. The lowest BCUT2D eigenvalue weighted by atomic mass is 9.92. The molecule has 1 atom stereocenters.